The third-order valence-corrected chi connectivity index (χ3v) is 5.36. The Labute approximate surface area is 173 Å². The van der Waals surface area contributed by atoms with E-state index in [-0.39, 0.29) is 31.0 Å². The van der Waals surface area contributed by atoms with Crippen molar-refractivity contribution >= 4 is 51.9 Å². The number of para-hydroxylation sites is 1. The van der Waals surface area contributed by atoms with E-state index in [0.29, 0.717) is 15.0 Å². The van der Waals surface area contributed by atoms with Crippen molar-refractivity contribution in [3.63, 3.8) is 0 Å². The fraction of sp³-hybridized carbons (Fsp3) is 0.211. The second-order valence-corrected chi connectivity index (χ2v) is 7.72. The van der Waals surface area contributed by atoms with Crippen LogP contribution in [0.5, 0.6) is 0 Å². The molecule has 0 aliphatic carbocycles. The number of nitrogens with zero attached hydrogens (tertiary/aromatic N) is 1. The molecule has 10 heteroatoms. The Balaban J connectivity index is 1.55. The predicted octanol–water partition coefficient (Wildman–Crippen LogP) is 4.92. The highest BCUT2D eigenvalue weighted by Crippen LogP contribution is 2.35. The minimum Gasteiger partial charge on any atom is -0.465 e. The predicted molar refractivity (Wildman–Crippen MR) is 108 cm³/mol. The van der Waals surface area contributed by atoms with Gasteiger partial charge in [0.1, 0.15) is 10.1 Å². The third-order valence-electron chi connectivity index (χ3n) is 3.98. The number of anilines is 1. The Kier molecular flexibility index (Phi) is 6.43. The van der Waals surface area contributed by atoms with Crippen LogP contribution in [0, 0.1) is 0 Å². The Morgan fingerprint density at radius 3 is 2.69 bits per heavy atom. The number of furan rings is 1. The lowest BCUT2D eigenvalue weighted by Gasteiger charge is -2.15. The first-order chi connectivity index (χ1) is 13.8. The number of nitrogens with one attached hydrogen (secondary N) is 1. The molecule has 152 valence electrons. The molecule has 2 amide bonds. The first-order valence-electron chi connectivity index (χ1n) is 8.50. The molecule has 5 nitrogen and oxygen atoms in total. The standard InChI is InChI=1S/C19H15F3N2O3S2/c20-19(21,22)13-6-1-2-7-14(13)23-16(25)8-3-9-24-17(26)15(29-18(24)28)11-12-5-4-10-27-12/h1-2,4-7,10-11H,3,8-9H2,(H,23,25). The number of carbonyl (C=O) groups is 2. The zero-order chi connectivity index (χ0) is 21.0. The average Bonchev–Trinajstić information content (AvgIpc) is 3.25. The second-order valence-electron chi connectivity index (χ2n) is 6.04. The first-order valence-corrected chi connectivity index (χ1v) is 9.73. The number of amides is 2. The Bertz CT molecular complexity index is 956. The zero-order valence-corrected chi connectivity index (χ0v) is 16.5. The van der Waals surface area contributed by atoms with Crippen molar-refractivity contribution in [2.75, 3.05) is 11.9 Å². The molecule has 1 aliphatic heterocycles. The molecule has 0 spiro atoms. The summed E-state index contributed by atoms with van der Waals surface area (Å²) in [5, 5.41) is 2.28. The number of thioether (sulfide) groups is 1. The van der Waals surface area contributed by atoms with E-state index in [0.717, 1.165) is 17.8 Å². The van der Waals surface area contributed by atoms with Crippen molar-refractivity contribution in [3.05, 3.63) is 58.9 Å². The van der Waals surface area contributed by atoms with Gasteiger partial charge >= 0.3 is 6.18 Å². The number of hydrogen-bond donors (Lipinski definition) is 1. The van der Waals surface area contributed by atoms with Crippen LogP contribution in [0.4, 0.5) is 18.9 Å². The van der Waals surface area contributed by atoms with Gasteiger partial charge in [-0.25, -0.2) is 0 Å². The highest BCUT2D eigenvalue weighted by Gasteiger charge is 2.34. The monoisotopic (exact) mass is 440 g/mol. The third kappa shape index (κ3) is 5.27. The maximum Gasteiger partial charge on any atom is 0.418 e. The van der Waals surface area contributed by atoms with Gasteiger partial charge in [0.2, 0.25) is 5.91 Å². The van der Waals surface area contributed by atoms with Gasteiger partial charge < -0.3 is 9.73 Å². The van der Waals surface area contributed by atoms with Gasteiger partial charge in [-0.05, 0) is 30.7 Å². The van der Waals surface area contributed by atoms with Crippen LogP contribution in [0.25, 0.3) is 6.08 Å². The van der Waals surface area contributed by atoms with Gasteiger partial charge in [-0.2, -0.15) is 13.2 Å². The highest BCUT2D eigenvalue weighted by molar-refractivity contribution is 8.26. The molecule has 1 aromatic carbocycles. The minimum atomic E-state index is -4.56. The number of hydrogen-bond acceptors (Lipinski definition) is 5. The molecule has 2 heterocycles. The van der Waals surface area contributed by atoms with E-state index >= 15 is 0 Å². The van der Waals surface area contributed by atoms with Crippen molar-refractivity contribution in [2.45, 2.75) is 19.0 Å². The van der Waals surface area contributed by atoms with Crippen LogP contribution < -0.4 is 5.32 Å². The first kappa shape index (κ1) is 21.1. The van der Waals surface area contributed by atoms with Crippen LogP contribution in [0.1, 0.15) is 24.2 Å². The van der Waals surface area contributed by atoms with Crippen LogP contribution >= 0.6 is 24.0 Å². The molecule has 1 fully saturated rings. The summed E-state index contributed by atoms with van der Waals surface area (Å²) in [5.74, 6) is -0.342. The fourth-order valence-corrected chi connectivity index (χ4v) is 3.93. The van der Waals surface area contributed by atoms with E-state index in [1.165, 1.54) is 29.4 Å². The highest BCUT2D eigenvalue weighted by atomic mass is 32.2. The average molecular weight is 440 g/mol. The van der Waals surface area contributed by atoms with Crippen molar-refractivity contribution in [1.29, 1.82) is 0 Å². The van der Waals surface area contributed by atoms with E-state index in [2.05, 4.69) is 5.32 Å². The molecule has 3 rings (SSSR count). The number of carbonyl (C=O) groups excluding carboxylic acids is 2. The van der Waals surface area contributed by atoms with Crippen LogP contribution in [0.2, 0.25) is 0 Å². The molecule has 0 atom stereocenters. The van der Waals surface area contributed by atoms with E-state index in [1.807, 2.05) is 0 Å². The normalized spacial score (nSPS) is 16.0. The van der Waals surface area contributed by atoms with Gasteiger partial charge in [-0.15, -0.1) is 0 Å². The fourth-order valence-electron chi connectivity index (χ4n) is 2.65. The minimum absolute atomic E-state index is 0.0551. The molecule has 29 heavy (non-hydrogen) atoms. The molecular formula is C19H15F3N2O3S2. The Hall–Kier alpha value is -2.59. The SMILES string of the molecule is O=C(CCCN1C(=O)C(=Cc2ccco2)SC1=S)Nc1ccccc1C(F)(F)F. The molecule has 2 aromatic rings. The van der Waals surface area contributed by atoms with E-state index in [1.54, 1.807) is 18.2 Å². The summed E-state index contributed by atoms with van der Waals surface area (Å²) < 4.78 is 44.5. The zero-order valence-electron chi connectivity index (χ0n) is 14.9. The second kappa shape index (κ2) is 8.83. The van der Waals surface area contributed by atoms with Crippen molar-refractivity contribution in [3.8, 4) is 0 Å². The van der Waals surface area contributed by atoms with Gasteiger partial charge in [0, 0.05) is 19.0 Å². The maximum absolute atomic E-state index is 13.0. The molecule has 1 saturated heterocycles. The number of benzene rings is 1. The lowest BCUT2D eigenvalue weighted by molar-refractivity contribution is -0.137. The lowest BCUT2D eigenvalue weighted by Crippen LogP contribution is -2.29. The number of alkyl halides is 3. The van der Waals surface area contributed by atoms with Gasteiger partial charge in [0.15, 0.2) is 0 Å². The van der Waals surface area contributed by atoms with Crippen molar-refractivity contribution in [1.82, 2.24) is 4.90 Å². The largest absolute Gasteiger partial charge is 0.465 e. The summed E-state index contributed by atoms with van der Waals surface area (Å²) in [7, 11) is 0. The van der Waals surface area contributed by atoms with Gasteiger partial charge in [0.05, 0.1) is 22.4 Å². The molecule has 1 aliphatic rings. The molecule has 0 bridgehead atoms. The van der Waals surface area contributed by atoms with E-state index in [4.69, 9.17) is 16.6 Å². The maximum atomic E-state index is 13.0. The summed E-state index contributed by atoms with van der Waals surface area (Å²) in [6.45, 7) is 0.189. The Morgan fingerprint density at radius 1 is 1.24 bits per heavy atom. The topological polar surface area (TPSA) is 62.6 Å². The molecule has 0 saturated carbocycles. The quantitative estimate of drug-likeness (QED) is 0.510. The van der Waals surface area contributed by atoms with Crippen molar-refractivity contribution in [2.24, 2.45) is 0 Å². The van der Waals surface area contributed by atoms with Crippen molar-refractivity contribution < 1.29 is 27.2 Å². The molecule has 0 unspecified atom stereocenters. The number of halogens is 3. The van der Waals surface area contributed by atoms with Crippen LogP contribution in [-0.2, 0) is 15.8 Å². The lowest BCUT2D eigenvalue weighted by atomic mass is 10.1. The van der Waals surface area contributed by atoms with E-state index < -0.39 is 17.6 Å². The smallest absolute Gasteiger partial charge is 0.418 e. The van der Waals surface area contributed by atoms with Crippen LogP contribution in [0.15, 0.2) is 52.0 Å². The Morgan fingerprint density at radius 2 is 2.00 bits per heavy atom. The summed E-state index contributed by atoms with van der Waals surface area (Å²) in [4.78, 5) is 26.3. The summed E-state index contributed by atoms with van der Waals surface area (Å²) in [6.07, 6.45) is -1.30. The molecule has 0 radical (unpaired) electrons. The number of rotatable bonds is 6. The molecule has 1 aromatic heterocycles. The molecular weight excluding hydrogens is 425 g/mol. The van der Waals surface area contributed by atoms with Gasteiger partial charge in [0.25, 0.3) is 5.91 Å². The summed E-state index contributed by atoms with van der Waals surface area (Å²) in [6, 6.07) is 8.17. The van der Waals surface area contributed by atoms with Crippen LogP contribution in [0.3, 0.4) is 0 Å². The summed E-state index contributed by atoms with van der Waals surface area (Å²) in [5.41, 5.74) is -1.20. The van der Waals surface area contributed by atoms with Gasteiger partial charge in [-0.1, -0.05) is 36.1 Å². The van der Waals surface area contributed by atoms with Crippen LogP contribution in [-0.4, -0.2) is 27.6 Å². The summed E-state index contributed by atoms with van der Waals surface area (Å²) >= 11 is 6.33. The van der Waals surface area contributed by atoms with Gasteiger partial charge in [-0.3, -0.25) is 14.5 Å². The number of thiocarbonyl (C=S) groups is 1. The molecule has 1 N–H and O–H groups in total. The van der Waals surface area contributed by atoms with E-state index in [9.17, 15) is 22.8 Å².